The van der Waals surface area contributed by atoms with Crippen LogP contribution in [0.15, 0.2) is 34.8 Å². The molecule has 2 aromatic rings. The maximum absolute atomic E-state index is 5.89. The fourth-order valence-corrected chi connectivity index (χ4v) is 3.16. The normalized spacial score (nSPS) is 10.6. The van der Waals surface area contributed by atoms with Crippen molar-refractivity contribution in [3.63, 3.8) is 0 Å². The fourth-order valence-electron chi connectivity index (χ4n) is 1.64. The van der Waals surface area contributed by atoms with Gasteiger partial charge in [0.2, 0.25) is 0 Å². The van der Waals surface area contributed by atoms with E-state index in [1.165, 1.54) is 11.3 Å². The molecular weight excluding hydrogens is 334 g/mol. The summed E-state index contributed by atoms with van der Waals surface area (Å²) in [5.41, 5.74) is 6.72. The van der Waals surface area contributed by atoms with Gasteiger partial charge in [-0.05, 0) is 52.7 Å². The lowest BCUT2D eigenvalue weighted by Gasteiger charge is -2.12. The Hall–Kier alpha value is -0.550. The highest BCUT2D eigenvalue weighted by Crippen LogP contribution is 2.31. The summed E-state index contributed by atoms with van der Waals surface area (Å²) >= 11 is 10.9. The van der Waals surface area contributed by atoms with Crippen LogP contribution in [-0.4, -0.2) is 6.54 Å². The monoisotopic (exact) mass is 345 g/mol. The highest BCUT2D eigenvalue weighted by atomic mass is 79.9. The molecule has 96 valence electrons. The number of benzene rings is 1. The molecule has 18 heavy (non-hydrogen) atoms. The molecule has 0 spiro atoms. The molecule has 2 N–H and O–H groups in total. The average Bonchev–Trinajstić information content (AvgIpc) is 2.75. The van der Waals surface area contributed by atoms with Gasteiger partial charge in [0.15, 0.2) is 0 Å². The van der Waals surface area contributed by atoms with E-state index >= 15 is 0 Å². The molecule has 0 radical (unpaired) electrons. The Morgan fingerprint density at radius 2 is 2.11 bits per heavy atom. The number of halogens is 2. The lowest BCUT2D eigenvalue weighted by molar-refractivity contribution is 0.304. The molecule has 1 aromatic heterocycles. The molecule has 0 aliphatic carbocycles. The molecule has 0 saturated heterocycles. The maximum Gasteiger partial charge on any atom is 0.137 e. The van der Waals surface area contributed by atoms with E-state index in [1.807, 2.05) is 30.3 Å². The van der Waals surface area contributed by atoms with E-state index in [9.17, 15) is 0 Å². The second-order valence-electron chi connectivity index (χ2n) is 3.76. The van der Waals surface area contributed by atoms with Gasteiger partial charge in [-0.1, -0.05) is 23.7 Å². The van der Waals surface area contributed by atoms with Crippen LogP contribution >= 0.6 is 38.9 Å². The molecule has 2 nitrogen and oxygen atoms in total. The number of hydrogen-bond acceptors (Lipinski definition) is 3. The molecule has 0 fully saturated rings. The molecule has 1 heterocycles. The molecule has 0 aliphatic heterocycles. The van der Waals surface area contributed by atoms with E-state index in [1.54, 1.807) is 0 Å². The topological polar surface area (TPSA) is 35.2 Å². The van der Waals surface area contributed by atoms with E-state index in [0.717, 1.165) is 31.4 Å². The predicted octanol–water partition coefficient (Wildman–Crippen LogP) is 4.24. The maximum atomic E-state index is 5.89. The van der Waals surface area contributed by atoms with Crippen molar-refractivity contribution >= 4 is 38.9 Å². The Balaban J connectivity index is 2.12. The first-order valence-corrected chi connectivity index (χ1v) is 7.54. The Morgan fingerprint density at radius 3 is 2.78 bits per heavy atom. The summed E-state index contributed by atoms with van der Waals surface area (Å²) < 4.78 is 7.60. The molecule has 5 heteroatoms. The minimum Gasteiger partial charge on any atom is -0.487 e. The quantitative estimate of drug-likeness (QED) is 0.878. The van der Waals surface area contributed by atoms with Gasteiger partial charge >= 0.3 is 0 Å². The zero-order valence-electron chi connectivity index (χ0n) is 9.66. The van der Waals surface area contributed by atoms with Crippen LogP contribution in [0.25, 0.3) is 0 Å². The molecule has 0 saturated carbocycles. The lowest BCUT2D eigenvalue weighted by Crippen LogP contribution is -2.05. The molecule has 1 aromatic carbocycles. The van der Waals surface area contributed by atoms with Crippen LogP contribution in [0.4, 0.5) is 0 Å². The van der Waals surface area contributed by atoms with Crippen molar-refractivity contribution in [2.75, 3.05) is 6.54 Å². The first kappa shape index (κ1) is 13.9. The van der Waals surface area contributed by atoms with Gasteiger partial charge in [0, 0.05) is 4.88 Å². The number of ether oxygens (including phenoxy) is 1. The van der Waals surface area contributed by atoms with Crippen molar-refractivity contribution in [3.05, 3.63) is 49.6 Å². The van der Waals surface area contributed by atoms with Crippen LogP contribution in [0, 0.1) is 0 Å². The zero-order chi connectivity index (χ0) is 13.0. The summed E-state index contributed by atoms with van der Waals surface area (Å²) in [5, 5.41) is 0. The fraction of sp³-hybridized carbons (Fsp3) is 0.231. The number of nitrogens with two attached hydrogens (primary N) is 1. The molecule has 0 aliphatic rings. The molecule has 0 unspecified atom stereocenters. The van der Waals surface area contributed by atoms with Crippen molar-refractivity contribution in [2.45, 2.75) is 13.0 Å². The van der Waals surface area contributed by atoms with Crippen LogP contribution < -0.4 is 10.5 Å². The first-order valence-electron chi connectivity index (χ1n) is 5.55. The van der Waals surface area contributed by atoms with Gasteiger partial charge < -0.3 is 10.5 Å². The van der Waals surface area contributed by atoms with Gasteiger partial charge in [-0.2, -0.15) is 0 Å². The van der Waals surface area contributed by atoms with Gasteiger partial charge in [0.25, 0.3) is 0 Å². The SMILES string of the molecule is NCCc1cccc(Br)c1OCc1ccc(Cl)s1. The van der Waals surface area contributed by atoms with Crippen LogP contribution in [0.5, 0.6) is 5.75 Å². The Bertz CT molecular complexity index is 529. The summed E-state index contributed by atoms with van der Waals surface area (Å²) in [7, 11) is 0. The Labute approximate surface area is 124 Å². The second kappa shape index (κ2) is 6.57. The smallest absolute Gasteiger partial charge is 0.137 e. The molecule has 2 rings (SSSR count). The largest absolute Gasteiger partial charge is 0.487 e. The molecule has 0 amide bonds. The van der Waals surface area contributed by atoms with Gasteiger partial charge in [-0.25, -0.2) is 0 Å². The minimum absolute atomic E-state index is 0.525. The van der Waals surface area contributed by atoms with E-state index < -0.39 is 0 Å². The highest BCUT2D eigenvalue weighted by Gasteiger charge is 2.08. The lowest BCUT2D eigenvalue weighted by atomic mass is 10.1. The summed E-state index contributed by atoms with van der Waals surface area (Å²) in [6.07, 6.45) is 0.806. The minimum atomic E-state index is 0.525. The van der Waals surface area contributed by atoms with E-state index in [4.69, 9.17) is 22.1 Å². The second-order valence-corrected chi connectivity index (χ2v) is 6.42. The van der Waals surface area contributed by atoms with Crippen molar-refractivity contribution in [1.29, 1.82) is 0 Å². The third kappa shape index (κ3) is 3.48. The number of hydrogen-bond donors (Lipinski definition) is 1. The van der Waals surface area contributed by atoms with Gasteiger partial charge in [-0.15, -0.1) is 11.3 Å². The Kier molecular flexibility index (Phi) is 5.06. The van der Waals surface area contributed by atoms with Crippen molar-refractivity contribution in [2.24, 2.45) is 5.73 Å². The van der Waals surface area contributed by atoms with Gasteiger partial charge in [0.05, 0.1) is 8.81 Å². The standard InChI is InChI=1S/C13H13BrClNOS/c14-11-3-1-2-9(6-7-16)13(11)17-8-10-4-5-12(15)18-10/h1-5H,6-8,16H2. The molecule has 0 atom stereocenters. The first-order chi connectivity index (χ1) is 8.70. The number of para-hydroxylation sites is 1. The van der Waals surface area contributed by atoms with Crippen LogP contribution in [0.3, 0.4) is 0 Å². The Morgan fingerprint density at radius 1 is 1.28 bits per heavy atom. The van der Waals surface area contributed by atoms with Gasteiger partial charge in [-0.3, -0.25) is 0 Å². The van der Waals surface area contributed by atoms with Gasteiger partial charge in [0.1, 0.15) is 12.4 Å². The third-order valence-corrected chi connectivity index (χ3v) is 4.28. The summed E-state index contributed by atoms with van der Waals surface area (Å²) in [4.78, 5) is 1.11. The number of thiophene rings is 1. The van der Waals surface area contributed by atoms with E-state index in [0.29, 0.717) is 13.2 Å². The van der Waals surface area contributed by atoms with E-state index in [-0.39, 0.29) is 0 Å². The van der Waals surface area contributed by atoms with Crippen molar-refractivity contribution in [1.82, 2.24) is 0 Å². The summed E-state index contributed by atoms with van der Waals surface area (Å²) in [5.74, 6) is 0.868. The van der Waals surface area contributed by atoms with Crippen LogP contribution in [0.2, 0.25) is 4.34 Å². The molecular formula is C13H13BrClNOS. The van der Waals surface area contributed by atoms with E-state index in [2.05, 4.69) is 15.9 Å². The van der Waals surface area contributed by atoms with Crippen LogP contribution in [0.1, 0.15) is 10.4 Å². The average molecular weight is 347 g/mol. The van der Waals surface area contributed by atoms with Crippen LogP contribution in [-0.2, 0) is 13.0 Å². The third-order valence-electron chi connectivity index (χ3n) is 2.45. The van der Waals surface area contributed by atoms with Crippen molar-refractivity contribution in [3.8, 4) is 5.75 Å². The predicted molar refractivity (Wildman–Crippen MR) is 80.6 cm³/mol. The zero-order valence-corrected chi connectivity index (χ0v) is 12.8. The van der Waals surface area contributed by atoms with Crippen molar-refractivity contribution < 1.29 is 4.74 Å². The summed E-state index contributed by atoms with van der Waals surface area (Å²) in [6, 6.07) is 9.85. The summed E-state index contributed by atoms with van der Waals surface area (Å²) in [6.45, 7) is 1.13. The molecule has 0 bridgehead atoms. The highest BCUT2D eigenvalue weighted by molar-refractivity contribution is 9.10. The number of rotatable bonds is 5.